The molecule has 20 heavy (non-hydrogen) atoms. The third kappa shape index (κ3) is 3.42. The van der Waals surface area contributed by atoms with Crippen molar-refractivity contribution in [1.82, 2.24) is 5.32 Å². The van der Waals surface area contributed by atoms with E-state index in [0.29, 0.717) is 18.7 Å². The monoisotopic (exact) mass is 296 g/mol. The molecule has 0 unspecified atom stereocenters. The van der Waals surface area contributed by atoms with E-state index in [1.165, 1.54) is 0 Å². The molecule has 0 aromatic heterocycles. The van der Waals surface area contributed by atoms with E-state index in [2.05, 4.69) is 5.32 Å². The van der Waals surface area contributed by atoms with Gasteiger partial charge in [-0.3, -0.25) is 9.59 Å². The second-order valence-corrected chi connectivity index (χ2v) is 4.99. The van der Waals surface area contributed by atoms with Gasteiger partial charge < -0.3 is 15.0 Å². The van der Waals surface area contributed by atoms with Crippen molar-refractivity contribution < 1.29 is 14.3 Å². The summed E-state index contributed by atoms with van der Waals surface area (Å²) in [4.78, 5) is 25.2. The number of hydrogen-bond donors (Lipinski definition) is 1. The summed E-state index contributed by atoms with van der Waals surface area (Å²) in [7, 11) is 1.58. The largest absolute Gasteiger partial charge is 0.497 e. The van der Waals surface area contributed by atoms with Gasteiger partial charge in [0, 0.05) is 37.0 Å². The number of ether oxygens (including phenoxy) is 1. The molecule has 1 saturated heterocycles. The van der Waals surface area contributed by atoms with E-state index in [4.69, 9.17) is 16.3 Å². The second-order valence-electron chi connectivity index (χ2n) is 4.61. The van der Waals surface area contributed by atoms with Crippen LogP contribution in [0.15, 0.2) is 24.3 Å². The molecule has 6 heteroatoms. The minimum atomic E-state index is -0.163. The summed E-state index contributed by atoms with van der Waals surface area (Å²) in [6.45, 7) is 0.472. The highest BCUT2D eigenvalue weighted by molar-refractivity contribution is 6.18. The van der Waals surface area contributed by atoms with Gasteiger partial charge in [0.2, 0.25) is 11.8 Å². The average molecular weight is 297 g/mol. The number of methoxy groups -OCH3 is 1. The highest BCUT2D eigenvalue weighted by atomic mass is 35.5. The van der Waals surface area contributed by atoms with Gasteiger partial charge in [-0.25, -0.2) is 0 Å². The van der Waals surface area contributed by atoms with Crippen LogP contribution in [-0.2, 0) is 9.59 Å². The van der Waals surface area contributed by atoms with E-state index in [9.17, 15) is 9.59 Å². The van der Waals surface area contributed by atoms with Crippen molar-refractivity contribution in [2.45, 2.75) is 18.9 Å². The summed E-state index contributed by atoms with van der Waals surface area (Å²) in [5, 5.41) is 2.82. The van der Waals surface area contributed by atoms with Crippen LogP contribution < -0.4 is 15.0 Å². The third-order valence-electron chi connectivity index (χ3n) is 3.18. The Kier molecular flexibility index (Phi) is 4.84. The lowest BCUT2D eigenvalue weighted by Crippen LogP contribution is -2.37. The van der Waals surface area contributed by atoms with Crippen LogP contribution in [0.3, 0.4) is 0 Å². The van der Waals surface area contributed by atoms with Crippen LogP contribution >= 0.6 is 11.6 Å². The molecule has 1 aliphatic heterocycles. The molecule has 5 nitrogen and oxygen atoms in total. The minimum absolute atomic E-state index is 0.00516. The molecule has 1 fully saturated rings. The fourth-order valence-corrected chi connectivity index (χ4v) is 2.39. The molecule has 1 aliphatic rings. The number of carbonyl (C=O) groups is 2. The molecular formula is C14H17ClN2O3. The number of benzene rings is 1. The topological polar surface area (TPSA) is 58.6 Å². The lowest BCUT2D eigenvalue weighted by molar-refractivity contribution is -0.121. The number of carbonyl (C=O) groups excluding carboxylic acids is 2. The Morgan fingerprint density at radius 3 is 3.05 bits per heavy atom. The van der Waals surface area contributed by atoms with Crippen LogP contribution in [0.25, 0.3) is 0 Å². The standard InChI is InChI=1S/C14H17ClN2O3/c1-20-12-4-2-3-11(8-12)17-9-10(7-14(17)19)16-13(18)5-6-15/h2-4,8,10H,5-7,9H2,1H3,(H,16,18)/t10-/m0/s1. The Morgan fingerprint density at radius 2 is 2.35 bits per heavy atom. The van der Waals surface area contributed by atoms with Crippen molar-refractivity contribution >= 4 is 29.1 Å². The van der Waals surface area contributed by atoms with Gasteiger partial charge in [0.25, 0.3) is 0 Å². The zero-order valence-corrected chi connectivity index (χ0v) is 12.0. The van der Waals surface area contributed by atoms with Crippen molar-refractivity contribution in [3.63, 3.8) is 0 Å². The number of rotatable bonds is 5. The molecule has 0 spiro atoms. The molecule has 2 rings (SSSR count). The molecule has 1 heterocycles. The first-order chi connectivity index (χ1) is 9.63. The normalized spacial score (nSPS) is 18.2. The van der Waals surface area contributed by atoms with Crippen LogP contribution in [0, 0.1) is 0 Å². The Bertz CT molecular complexity index is 507. The molecule has 0 radical (unpaired) electrons. The maximum absolute atomic E-state index is 12.0. The van der Waals surface area contributed by atoms with Crippen LogP contribution in [0.5, 0.6) is 5.75 Å². The number of amides is 2. The van der Waals surface area contributed by atoms with Gasteiger partial charge in [-0.15, -0.1) is 11.6 Å². The van der Waals surface area contributed by atoms with E-state index < -0.39 is 0 Å². The Hall–Kier alpha value is -1.75. The molecule has 0 bridgehead atoms. The van der Waals surface area contributed by atoms with Crippen LogP contribution in [-0.4, -0.2) is 37.4 Å². The van der Waals surface area contributed by atoms with Crippen molar-refractivity contribution in [3.8, 4) is 5.75 Å². The minimum Gasteiger partial charge on any atom is -0.497 e. The van der Waals surface area contributed by atoms with E-state index >= 15 is 0 Å². The van der Waals surface area contributed by atoms with Crippen molar-refractivity contribution in [2.24, 2.45) is 0 Å². The van der Waals surface area contributed by atoms with E-state index in [0.717, 1.165) is 5.69 Å². The SMILES string of the molecule is COc1cccc(N2C[C@@H](NC(=O)CCCl)CC2=O)c1. The molecule has 108 valence electrons. The maximum atomic E-state index is 12.0. The first kappa shape index (κ1) is 14.7. The summed E-state index contributed by atoms with van der Waals surface area (Å²) in [5.41, 5.74) is 0.781. The van der Waals surface area contributed by atoms with Gasteiger partial charge in [0.15, 0.2) is 0 Å². The van der Waals surface area contributed by atoms with Crippen molar-refractivity contribution in [3.05, 3.63) is 24.3 Å². The highest BCUT2D eigenvalue weighted by Gasteiger charge is 2.31. The van der Waals surface area contributed by atoms with Crippen molar-refractivity contribution in [2.75, 3.05) is 24.4 Å². The van der Waals surface area contributed by atoms with E-state index in [1.807, 2.05) is 18.2 Å². The maximum Gasteiger partial charge on any atom is 0.229 e. The second kappa shape index (κ2) is 6.61. The van der Waals surface area contributed by atoms with E-state index in [1.54, 1.807) is 18.1 Å². The van der Waals surface area contributed by atoms with Gasteiger partial charge in [0.1, 0.15) is 5.75 Å². The fraction of sp³-hybridized carbons (Fsp3) is 0.429. The smallest absolute Gasteiger partial charge is 0.229 e. The number of nitrogens with one attached hydrogen (secondary N) is 1. The summed E-state index contributed by atoms with van der Waals surface area (Å²) in [6.07, 6.45) is 0.580. The van der Waals surface area contributed by atoms with Crippen molar-refractivity contribution in [1.29, 1.82) is 0 Å². The molecule has 1 N–H and O–H groups in total. The summed E-state index contributed by atoms with van der Waals surface area (Å²) in [6, 6.07) is 7.15. The Balaban J connectivity index is 2.03. The average Bonchev–Trinajstić information content (AvgIpc) is 2.79. The highest BCUT2D eigenvalue weighted by Crippen LogP contribution is 2.25. The predicted molar refractivity (Wildman–Crippen MR) is 77.2 cm³/mol. The summed E-state index contributed by atoms with van der Waals surface area (Å²) >= 11 is 5.52. The number of alkyl halides is 1. The van der Waals surface area contributed by atoms with Gasteiger partial charge >= 0.3 is 0 Å². The fourth-order valence-electron chi connectivity index (χ4n) is 2.22. The number of halogens is 1. The third-order valence-corrected chi connectivity index (χ3v) is 3.37. The summed E-state index contributed by atoms with van der Waals surface area (Å²) in [5.74, 6) is 0.858. The van der Waals surface area contributed by atoms with Crippen LogP contribution in [0.1, 0.15) is 12.8 Å². The number of anilines is 1. The zero-order valence-electron chi connectivity index (χ0n) is 11.3. The number of nitrogens with zero attached hydrogens (tertiary/aromatic N) is 1. The lowest BCUT2D eigenvalue weighted by Gasteiger charge is -2.17. The van der Waals surface area contributed by atoms with E-state index in [-0.39, 0.29) is 30.2 Å². The molecular weight excluding hydrogens is 280 g/mol. The molecule has 0 saturated carbocycles. The summed E-state index contributed by atoms with van der Waals surface area (Å²) < 4.78 is 5.15. The first-order valence-corrected chi connectivity index (χ1v) is 6.97. The molecule has 2 amide bonds. The first-order valence-electron chi connectivity index (χ1n) is 6.43. The molecule has 1 aromatic rings. The van der Waals surface area contributed by atoms with Gasteiger partial charge in [0.05, 0.1) is 13.2 Å². The zero-order chi connectivity index (χ0) is 14.5. The Morgan fingerprint density at radius 1 is 1.55 bits per heavy atom. The Labute approximate surface area is 122 Å². The lowest BCUT2D eigenvalue weighted by atomic mass is 10.2. The van der Waals surface area contributed by atoms with Crippen LogP contribution in [0.2, 0.25) is 0 Å². The van der Waals surface area contributed by atoms with Gasteiger partial charge in [-0.2, -0.15) is 0 Å². The molecule has 1 atom stereocenters. The van der Waals surface area contributed by atoms with Gasteiger partial charge in [-0.05, 0) is 12.1 Å². The van der Waals surface area contributed by atoms with Crippen LogP contribution in [0.4, 0.5) is 5.69 Å². The quantitative estimate of drug-likeness (QED) is 0.839. The number of hydrogen-bond acceptors (Lipinski definition) is 3. The molecule has 1 aromatic carbocycles. The molecule has 0 aliphatic carbocycles. The van der Waals surface area contributed by atoms with Gasteiger partial charge in [-0.1, -0.05) is 6.07 Å². The predicted octanol–water partition coefficient (Wildman–Crippen LogP) is 1.55.